The van der Waals surface area contributed by atoms with E-state index in [4.69, 9.17) is 10.5 Å². The van der Waals surface area contributed by atoms with Gasteiger partial charge in [-0.3, -0.25) is 0 Å². The average Bonchev–Trinajstić information content (AvgIpc) is 2.30. The van der Waals surface area contributed by atoms with Crippen molar-refractivity contribution in [1.29, 1.82) is 0 Å². The number of nitrogens with two attached hydrogens (primary N) is 1. The van der Waals surface area contributed by atoms with E-state index in [9.17, 15) is 14.7 Å². The van der Waals surface area contributed by atoms with Crippen molar-refractivity contribution in [1.82, 2.24) is 5.43 Å². The standard InChI is InChI=1S/C11H13N3O4/c1-7(10(15)16)18-9-4-2-8(3-5-9)6-13-14-11(12)17/h2-7H,1H3,(H,15,16)(H3,12,14,17)/p-1/t7-/m1/s1. The molecule has 1 rings (SSSR count). The van der Waals surface area contributed by atoms with E-state index in [0.717, 1.165) is 0 Å². The van der Waals surface area contributed by atoms with Crippen molar-refractivity contribution in [3.63, 3.8) is 0 Å². The Balaban J connectivity index is 2.60. The molecular weight excluding hydrogens is 238 g/mol. The summed E-state index contributed by atoms with van der Waals surface area (Å²) in [4.78, 5) is 20.8. The van der Waals surface area contributed by atoms with Crippen molar-refractivity contribution >= 4 is 18.2 Å². The molecule has 3 N–H and O–H groups in total. The van der Waals surface area contributed by atoms with Gasteiger partial charge in [-0.15, -0.1) is 0 Å². The highest BCUT2D eigenvalue weighted by Crippen LogP contribution is 2.12. The molecule has 0 unspecified atom stereocenters. The Morgan fingerprint density at radius 3 is 2.56 bits per heavy atom. The lowest BCUT2D eigenvalue weighted by atomic mass is 10.2. The molecule has 2 amide bonds. The van der Waals surface area contributed by atoms with Gasteiger partial charge in [-0.1, -0.05) is 0 Å². The van der Waals surface area contributed by atoms with Crippen molar-refractivity contribution in [2.75, 3.05) is 0 Å². The molecule has 96 valence electrons. The van der Waals surface area contributed by atoms with E-state index in [0.29, 0.717) is 11.3 Å². The predicted octanol–water partition coefficient (Wildman–Crippen LogP) is -0.794. The summed E-state index contributed by atoms with van der Waals surface area (Å²) >= 11 is 0. The first-order valence-electron chi connectivity index (χ1n) is 5.05. The molecule has 7 nitrogen and oxygen atoms in total. The predicted molar refractivity (Wildman–Crippen MR) is 61.9 cm³/mol. The average molecular weight is 250 g/mol. The van der Waals surface area contributed by atoms with Gasteiger partial charge in [0.05, 0.1) is 12.2 Å². The van der Waals surface area contributed by atoms with Gasteiger partial charge >= 0.3 is 6.03 Å². The van der Waals surface area contributed by atoms with E-state index in [1.54, 1.807) is 24.3 Å². The van der Waals surface area contributed by atoms with Crippen LogP contribution in [0.15, 0.2) is 29.4 Å². The molecule has 0 aliphatic heterocycles. The van der Waals surface area contributed by atoms with Gasteiger partial charge in [-0.05, 0) is 36.8 Å². The molecule has 0 aromatic heterocycles. The Hall–Kier alpha value is -2.57. The Kier molecular flexibility index (Phi) is 4.67. The molecular formula is C11H12N3O4-. The molecule has 0 radical (unpaired) electrons. The number of hydrogen-bond acceptors (Lipinski definition) is 5. The molecule has 0 fully saturated rings. The Bertz CT molecular complexity index is 456. The van der Waals surface area contributed by atoms with Gasteiger partial charge in [0.25, 0.3) is 0 Å². The SMILES string of the molecule is C[C@@H](Oc1ccc(C=NNC(N)=O)cc1)C(=O)[O-]. The first-order chi connectivity index (χ1) is 8.49. The first kappa shape index (κ1) is 13.5. The summed E-state index contributed by atoms with van der Waals surface area (Å²) in [6.45, 7) is 1.38. The molecule has 0 saturated carbocycles. The van der Waals surface area contributed by atoms with E-state index in [1.807, 2.05) is 5.43 Å². The fraction of sp³-hybridized carbons (Fsp3) is 0.182. The minimum Gasteiger partial charge on any atom is -0.546 e. The zero-order valence-electron chi connectivity index (χ0n) is 9.62. The summed E-state index contributed by atoms with van der Waals surface area (Å²) in [5.41, 5.74) is 7.56. The van der Waals surface area contributed by atoms with Crippen LogP contribution in [0, 0.1) is 0 Å². The van der Waals surface area contributed by atoms with E-state index < -0.39 is 18.1 Å². The number of hydrogen-bond donors (Lipinski definition) is 2. The minimum absolute atomic E-state index is 0.395. The Morgan fingerprint density at radius 2 is 2.06 bits per heavy atom. The number of rotatable bonds is 5. The second-order valence-corrected chi connectivity index (χ2v) is 3.38. The van der Waals surface area contributed by atoms with Crippen molar-refractivity contribution in [3.05, 3.63) is 29.8 Å². The summed E-state index contributed by atoms with van der Waals surface area (Å²) in [5, 5.41) is 14.0. The highest BCUT2D eigenvalue weighted by molar-refractivity contribution is 5.81. The van der Waals surface area contributed by atoms with Crippen LogP contribution in [0.1, 0.15) is 12.5 Å². The van der Waals surface area contributed by atoms with Gasteiger partial charge in [0, 0.05) is 0 Å². The number of carboxylic acid groups (broad SMARTS) is 1. The summed E-state index contributed by atoms with van der Waals surface area (Å²) in [6, 6.07) is 5.68. The van der Waals surface area contributed by atoms with Crippen molar-refractivity contribution in [3.8, 4) is 5.75 Å². The number of primary amides is 1. The third-order valence-electron chi connectivity index (χ3n) is 1.91. The number of nitrogens with one attached hydrogen (secondary N) is 1. The molecule has 0 spiro atoms. The summed E-state index contributed by atoms with van der Waals surface area (Å²) in [5.74, 6) is -0.891. The van der Waals surface area contributed by atoms with Gasteiger partial charge in [0.2, 0.25) is 0 Å². The van der Waals surface area contributed by atoms with Crippen LogP contribution in [-0.2, 0) is 4.79 Å². The van der Waals surface area contributed by atoms with Gasteiger partial charge in [0.15, 0.2) is 0 Å². The fourth-order valence-corrected chi connectivity index (χ4v) is 1.06. The number of ether oxygens (including phenoxy) is 1. The van der Waals surface area contributed by atoms with Crippen molar-refractivity contribution in [2.45, 2.75) is 13.0 Å². The number of urea groups is 1. The summed E-state index contributed by atoms with van der Waals surface area (Å²) in [7, 11) is 0. The number of carboxylic acids is 1. The molecule has 1 aromatic carbocycles. The molecule has 1 aromatic rings. The number of amides is 2. The van der Waals surface area contributed by atoms with Crippen LogP contribution in [0.25, 0.3) is 0 Å². The largest absolute Gasteiger partial charge is 0.546 e. The Morgan fingerprint density at radius 1 is 1.44 bits per heavy atom. The quantitative estimate of drug-likeness (QED) is 0.525. The van der Waals surface area contributed by atoms with Crippen LogP contribution in [0.2, 0.25) is 0 Å². The number of benzene rings is 1. The number of aliphatic carboxylic acids is 1. The zero-order valence-corrected chi connectivity index (χ0v) is 9.62. The molecule has 0 bridgehead atoms. The van der Waals surface area contributed by atoms with E-state index in [2.05, 4.69) is 5.10 Å². The maximum absolute atomic E-state index is 10.5. The van der Waals surface area contributed by atoms with Crippen molar-refractivity contribution < 1.29 is 19.4 Å². The van der Waals surface area contributed by atoms with Gasteiger partial charge < -0.3 is 20.4 Å². The lowest BCUT2D eigenvalue weighted by Crippen LogP contribution is -2.37. The van der Waals surface area contributed by atoms with Crippen LogP contribution in [0.3, 0.4) is 0 Å². The van der Waals surface area contributed by atoms with Gasteiger partial charge in [-0.2, -0.15) is 5.10 Å². The lowest BCUT2D eigenvalue weighted by Gasteiger charge is -2.15. The second-order valence-electron chi connectivity index (χ2n) is 3.38. The van der Waals surface area contributed by atoms with E-state index in [1.165, 1.54) is 13.1 Å². The van der Waals surface area contributed by atoms with Crippen LogP contribution in [0.5, 0.6) is 5.75 Å². The molecule has 1 atom stereocenters. The van der Waals surface area contributed by atoms with Crippen LogP contribution >= 0.6 is 0 Å². The van der Waals surface area contributed by atoms with Gasteiger partial charge in [-0.25, -0.2) is 10.2 Å². The molecule has 0 aliphatic rings. The van der Waals surface area contributed by atoms with Crippen molar-refractivity contribution in [2.24, 2.45) is 10.8 Å². The van der Waals surface area contributed by atoms with Gasteiger partial charge in [0.1, 0.15) is 11.9 Å². The first-order valence-corrected chi connectivity index (χ1v) is 5.05. The maximum Gasteiger partial charge on any atom is 0.332 e. The van der Waals surface area contributed by atoms with Crippen LogP contribution in [0.4, 0.5) is 4.79 Å². The van der Waals surface area contributed by atoms with Crippen LogP contribution in [-0.4, -0.2) is 24.3 Å². The second kappa shape index (κ2) is 6.24. The monoisotopic (exact) mass is 250 g/mol. The third-order valence-corrected chi connectivity index (χ3v) is 1.91. The number of carbonyl (C=O) groups excluding carboxylic acids is 2. The van der Waals surface area contributed by atoms with E-state index in [-0.39, 0.29) is 0 Å². The minimum atomic E-state index is -1.29. The van der Waals surface area contributed by atoms with Crippen LogP contribution < -0.4 is 21.0 Å². The maximum atomic E-state index is 10.5. The van der Waals surface area contributed by atoms with E-state index >= 15 is 0 Å². The number of hydrazone groups is 1. The highest BCUT2D eigenvalue weighted by Gasteiger charge is 2.03. The smallest absolute Gasteiger partial charge is 0.332 e. The molecule has 0 heterocycles. The fourth-order valence-electron chi connectivity index (χ4n) is 1.06. The molecule has 0 aliphatic carbocycles. The Labute approximate surface area is 103 Å². The molecule has 18 heavy (non-hydrogen) atoms. The normalized spacial score (nSPS) is 12.1. The summed E-state index contributed by atoms with van der Waals surface area (Å²) in [6.07, 6.45) is 0.359. The zero-order chi connectivity index (χ0) is 13.5. The number of carbonyl (C=O) groups is 2. The molecule has 0 saturated heterocycles. The third kappa shape index (κ3) is 4.52. The summed E-state index contributed by atoms with van der Waals surface area (Å²) < 4.78 is 5.08. The lowest BCUT2D eigenvalue weighted by molar-refractivity contribution is -0.312. The highest BCUT2D eigenvalue weighted by atomic mass is 16.5. The number of nitrogens with zero attached hydrogens (tertiary/aromatic N) is 1. The molecule has 7 heteroatoms. The topological polar surface area (TPSA) is 117 Å².